The maximum Gasteiger partial charge on any atom is 0.253 e. The van der Waals surface area contributed by atoms with Crippen molar-refractivity contribution in [3.05, 3.63) is 54.1 Å². The highest BCUT2D eigenvalue weighted by atomic mass is 32.2. The molecule has 0 saturated carbocycles. The lowest BCUT2D eigenvalue weighted by Gasteiger charge is -2.12. The fraction of sp³-hybridized carbons (Fsp3) is 0.200. The van der Waals surface area contributed by atoms with E-state index in [1.165, 1.54) is 0 Å². The van der Waals surface area contributed by atoms with Crippen molar-refractivity contribution in [1.29, 1.82) is 0 Å². The predicted molar refractivity (Wildman–Crippen MR) is 104 cm³/mol. The minimum atomic E-state index is -3.58. The third kappa shape index (κ3) is 2.89. The van der Waals surface area contributed by atoms with Crippen LogP contribution in [-0.2, 0) is 9.84 Å². The molecule has 0 fully saturated rings. The number of hydrogen-bond acceptors (Lipinski definition) is 5. The lowest BCUT2D eigenvalue weighted by atomic mass is 10.1. The number of nitrogens with one attached hydrogen (secondary N) is 1. The zero-order chi connectivity index (χ0) is 19.2. The van der Waals surface area contributed by atoms with Crippen LogP contribution >= 0.6 is 0 Å². The van der Waals surface area contributed by atoms with Gasteiger partial charge < -0.3 is 10.2 Å². The highest BCUT2D eigenvalue weighted by molar-refractivity contribution is 7.92. The maximum atomic E-state index is 12.8. The van der Waals surface area contributed by atoms with Crippen LogP contribution in [0.4, 0.5) is 0 Å². The Balaban J connectivity index is 1.84. The number of rotatable bonds is 4. The molecule has 6 nitrogen and oxygen atoms in total. The maximum absolute atomic E-state index is 12.8. The normalized spacial score (nSPS) is 14.2. The monoisotopic (exact) mass is 381 g/mol. The first-order valence-corrected chi connectivity index (χ1v) is 10.1. The fourth-order valence-corrected chi connectivity index (χ4v) is 4.90. The summed E-state index contributed by atoms with van der Waals surface area (Å²) in [6, 6.07) is 13.7. The summed E-state index contributed by atoms with van der Waals surface area (Å²) in [7, 11) is 0.293. The second-order valence-corrected chi connectivity index (χ2v) is 8.66. The Hall–Kier alpha value is -2.77. The minimum absolute atomic E-state index is 0.196. The lowest BCUT2D eigenvalue weighted by Crippen LogP contribution is -2.31. The second-order valence-electron chi connectivity index (χ2n) is 6.77. The zero-order valence-electron chi connectivity index (χ0n) is 15.1. The Morgan fingerprint density at radius 2 is 1.85 bits per heavy atom. The van der Waals surface area contributed by atoms with Crippen molar-refractivity contribution in [3.8, 4) is 11.3 Å². The molecule has 138 valence electrons. The average Bonchev–Trinajstić information content (AvgIpc) is 2.87. The van der Waals surface area contributed by atoms with Crippen molar-refractivity contribution < 1.29 is 13.2 Å². The number of para-hydroxylation sites is 1. The topological polar surface area (TPSA) is 79.4 Å². The largest absolute Gasteiger partial charge is 0.351 e. The van der Waals surface area contributed by atoms with Crippen molar-refractivity contribution in [2.75, 3.05) is 27.2 Å². The van der Waals surface area contributed by atoms with Gasteiger partial charge in [0.2, 0.25) is 9.84 Å². The molecule has 0 unspecified atom stereocenters. The van der Waals surface area contributed by atoms with E-state index in [-0.39, 0.29) is 15.7 Å². The molecule has 1 N–H and O–H groups in total. The van der Waals surface area contributed by atoms with Gasteiger partial charge in [-0.15, -0.1) is 0 Å². The summed E-state index contributed by atoms with van der Waals surface area (Å²) < 4.78 is 25.6. The van der Waals surface area contributed by atoms with Crippen LogP contribution in [0.1, 0.15) is 10.4 Å². The van der Waals surface area contributed by atoms with E-state index in [0.717, 1.165) is 6.54 Å². The Kier molecular flexibility index (Phi) is 4.20. The van der Waals surface area contributed by atoms with Gasteiger partial charge in [-0.25, -0.2) is 13.4 Å². The number of fused-ring (bicyclic) bond motifs is 4. The standard InChI is InChI=1S/C20H19N3O3S/c1-23(2)11-10-21-20(24)15-8-5-6-13-12-17-19(22-18(13)15)14-7-3-4-9-16(14)27(17,25)26/h3-9,12H,10-11H2,1-2H3,(H,21,24). The Morgan fingerprint density at radius 1 is 1.07 bits per heavy atom. The number of amides is 1. The number of likely N-dealkylation sites (N-methyl/N-ethyl adjacent to an activating group) is 1. The van der Waals surface area contributed by atoms with E-state index in [2.05, 4.69) is 10.3 Å². The smallest absolute Gasteiger partial charge is 0.253 e. The summed E-state index contributed by atoms with van der Waals surface area (Å²) >= 11 is 0. The van der Waals surface area contributed by atoms with Crippen molar-refractivity contribution in [2.24, 2.45) is 0 Å². The number of hydrogen-bond donors (Lipinski definition) is 1. The first-order chi connectivity index (χ1) is 12.9. The van der Waals surface area contributed by atoms with E-state index in [1.807, 2.05) is 19.0 Å². The van der Waals surface area contributed by atoms with Gasteiger partial charge in [-0.1, -0.05) is 30.3 Å². The molecule has 2 heterocycles. The molecular weight excluding hydrogens is 362 g/mol. The first kappa shape index (κ1) is 17.6. The van der Waals surface area contributed by atoms with Crippen molar-refractivity contribution >= 4 is 26.6 Å². The van der Waals surface area contributed by atoms with Gasteiger partial charge >= 0.3 is 0 Å². The van der Waals surface area contributed by atoms with Crippen molar-refractivity contribution in [1.82, 2.24) is 15.2 Å². The predicted octanol–water partition coefficient (Wildman–Crippen LogP) is 2.34. The molecule has 0 saturated heterocycles. The number of carbonyl (C=O) groups excluding carboxylic acids is 1. The Labute approximate surface area is 157 Å². The van der Waals surface area contributed by atoms with Crippen LogP contribution in [0.15, 0.2) is 58.3 Å². The number of pyridine rings is 1. The van der Waals surface area contributed by atoms with Crippen LogP contribution in [0.2, 0.25) is 0 Å². The molecule has 7 heteroatoms. The van der Waals surface area contributed by atoms with E-state index >= 15 is 0 Å². The molecule has 1 amide bonds. The highest BCUT2D eigenvalue weighted by Crippen LogP contribution is 2.43. The van der Waals surface area contributed by atoms with E-state index in [0.29, 0.717) is 34.3 Å². The van der Waals surface area contributed by atoms with Crippen molar-refractivity contribution in [3.63, 3.8) is 0 Å². The van der Waals surface area contributed by atoms with Gasteiger partial charge in [0.05, 0.1) is 26.6 Å². The highest BCUT2D eigenvalue weighted by Gasteiger charge is 2.34. The van der Waals surface area contributed by atoms with Gasteiger partial charge in [0.15, 0.2) is 0 Å². The lowest BCUT2D eigenvalue weighted by molar-refractivity contribution is 0.0952. The molecule has 3 aromatic rings. The number of aromatic nitrogens is 1. The summed E-state index contributed by atoms with van der Waals surface area (Å²) in [5, 5.41) is 3.52. The summed E-state index contributed by atoms with van der Waals surface area (Å²) in [5.41, 5.74) is 1.94. The van der Waals surface area contributed by atoms with Crippen molar-refractivity contribution in [2.45, 2.75) is 9.79 Å². The van der Waals surface area contributed by atoms with Crippen LogP contribution in [0.3, 0.4) is 0 Å². The van der Waals surface area contributed by atoms with E-state index in [9.17, 15) is 13.2 Å². The van der Waals surface area contributed by atoms with Gasteiger partial charge in [0.1, 0.15) is 0 Å². The first-order valence-electron chi connectivity index (χ1n) is 8.61. The average molecular weight is 381 g/mol. The van der Waals surface area contributed by atoms with Crippen LogP contribution in [0, 0.1) is 0 Å². The summed E-state index contributed by atoms with van der Waals surface area (Å²) in [6.07, 6.45) is 0. The Bertz CT molecular complexity index is 1170. The molecule has 1 aliphatic heterocycles. The van der Waals surface area contributed by atoms with E-state index in [1.54, 1.807) is 48.5 Å². The third-order valence-corrected chi connectivity index (χ3v) is 6.45. The van der Waals surface area contributed by atoms with Gasteiger partial charge in [-0.05, 0) is 32.3 Å². The molecule has 27 heavy (non-hydrogen) atoms. The molecule has 0 bridgehead atoms. The second kappa shape index (κ2) is 6.44. The molecule has 2 aromatic carbocycles. The SMILES string of the molecule is CN(C)CCNC(=O)c1cccc2cc3c(nc12)-c1ccccc1S3(=O)=O. The van der Waals surface area contributed by atoms with Gasteiger partial charge in [0, 0.05) is 24.0 Å². The molecule has 0 atom stereocenters. The van der Waals surface area contributed by atoms with Crippen LogP contribution in [0.25, 0.3) is 22.2 Å². The Morgan fingerprint density at radius 3 is 2.63 bits per heavy atom. The third-order valence-electron chi connectivity index (χ3n) is 4.62. The molecule has 0 radical (unpaired) electrons. The van der Waals surface area contributed by atoms with Crippen LogP contribution in [-0.4, -0.2) is 51.4 Å². The fourth-order valence-electron chi connectivity index (χ4n) is 3.26. The van der Waals surface area contributed by atoms with Crippen LogP contribution < -0.4 is 5.32 Å². The molecular formula is C20H19N3O3S. The quantitative estimate of drug-likeness (QED) is 0.587. The molecule has 1 aromatic heterocycles. The number of sulfone groups is 1. The molecule has 0 aliphatic carbocycles. The number of carbonyl (C=O) groups is 1. The molecule has 4 rings (SSSR count). The van der Waals surface area contributed by atoms with Gasteiger partial charge in [-0.3, -0.25) is 4.79 Å². The summed E-state index contributed by atoms with van der Waals surface area (Å²) in [4.78, 5) is 19.7. The summed E-state index contributed by atoms with van der Waals surface area (Å²) in [6.45, 7) is 1.25. The molecule has 1 aliphatic rings. The molecule has 0 spiro atoms. The van der Waals surface area contributed by atoms with Crippen LogP contribution in [0.5, 0.6) is 0 Å². The number of nitrogens with zero attached hydrogens (tertiary/aromatic N) is 2. The summed E-state index contributed by atoms with van der Waals surface area (Å²) in [5.74, 6) is -0.218. The number of benzene rings is 2. The van der Waals surface area contributed by atoms with Gasteiger partial charge in [0.25, 0.3) is 5.91 Å². The minimum Gasteiger partial charge on any atom is -0.351 e. The van der Waals surface area contributed by atoms with E-state index < -0.39 is 9.84 Å². The van der Waals surface area contributed by atoms with E-state index in [4.69, 9.17) is 0 Å². The van der Waals surface area contributed by atoms with Gasteiger partial charge in [-0.2, -0.15) is 0 Å². The zero-order valence-corrected chi connectivity index (χ0v) is 15.9.